The smallest absolute Gasteiger partial charge is 0.191 e. The van der Waals surface area contributed by atoms with Crippen molar-refractivity contribution in [2.75, 3.05) is 19.6 Å². The fraction of sp³-hybridized carbons (Fsp3) is 0.667. The molecule has 0 radical (unpaired) electrons. The van der Waals surface area contributed by atoms with Gasteiger partial charge in [-0.25, -0.2) is 0 Å². The second kappa shape index (κ2) is 9.45. The number of aromatic nitrogens is 1. The average Bonchev–Trinajstić information content (AvgIpc) is 3.42. The molecule has 2 fully saturated rings. The Bertz CT molecular complexity index is 471. The largest absolute Gasteiger partial charge is 0.357 e. The van der Waals surface area contributed by atoms with Crippen molar-refractivity contribution in [3.63, 3.8) is 0 Å². The highest BCUT2D eigenvalue weighted by Gasteiger charge is 2.41. The van der Waals surface area contributed by atoms with E-state index in [-0.39, 0.29) is 24.0 Å². The number of halogens is 1. The number of hydrogen-bond donors (Lipinski definition) is 2. The van der Waals surface area contributed by atoms with Crippen molar-refractivity contribution >= 4 is 29.9 Å². The van der Waals surface area contributed by atoms with Crippen LogP contribution in [0.2, 0.25) is 0 Å². The van der Waals surface area contributed by atoms with E-state index in [4.69, 9.17) is 4.99 Å². The van der Waals surface area contributed by atoms with E-state index in [0.29, 0.717) is 0 Å². The van der Waals surface area contributed by atoms with Crippen LogP contribution in [0.5, 0.6) is 0 Å². The van der Waals surface area contributed by atoms with Crippen molar-refractivity contribution in [2.45, 2.75) is 39.0 Å². The van der Waals surface area contributed by atoms with Gasteiger partial charge >= 0.3 is 0 Å². The monoisotopic (exact) mass is 428 g/mol. The first-order valence-electron chi connectivity index (χ1n) is 8.79. The summed E-state index contributed by atoms with van der Waals surface area (Å²) >= 11 is 0. The fourth-order valence-corrected chi connectivity index (χ4v) is 3.13. The summed E-state index contributed by atoms with van der Waals surface area (Å²) in [4.78, 5) is 9.20. The Morgan fingerprint density at radius 3 is 2.52 bits per heavy atom. The topological polar surface area (TPSA) is 49.3 Å². The maximum atomic E-state index is 4.84. The molecule has 2 aliphatic rings. The number of hydrogen-bond acceptors (Lipinski definition) is 2. The van der Waals surface area contributed by atoms with Gasteiger partial charge in [-0.1, -0.05) is 6.07 Å². The molecule has 0 aromatic carbocycles. The van der Waals surface area contributed by atoms with Gasteiger partial charge in [0.1, 0.15) is 0 Å². The van der Waals surface area contributed by atoms with Crippen LogP contribution in [0.1, 0.15) is 38.3 Å². The predicted octanol–water partition coefficient (Wildman–Crippen LogP) is 3.23. The van der Waals surface area contributed by atoms with Gasteiger partial charge in [-0.15, -0.1) is 24.0 Å². The lowest BCUT2D eigenvalue weighted by atomic mass is 9.98. The highest BCUT2D eigenvalue weighted by Crippen LogP contribution is 2.49. The molecule has 128 valence electrons. The maximum Gasteiger partial charge on any atom is 0.191 e. The highest BCUT2D eigenvalue weighted by atomic mass is 127. The molecule has 2 saturated carbocycles. The van der Waals surface area contributed by atoms with Crippen LogP contribution in [-0.2, 0) is 6.42 Å². The summed E-state index contributed by atoms with van der Waals surface area (Å²) in [6.45, 7) is 4.90. The molecule has 1 heterocycles. The third-order valence-electron chi connectivity index (χ3n) is 4.66. The lowest BCUT2D eigenvalue weighted by molar-refractivity contribution is 0.417. The molecule has 3 rings (SSSR count). The van der Waals surface area contributed by atoms with Gasteiger partial charge in [-0.05, 0) is 62.5 Å². The Labute approximate surface area is 157 Å². The van der Waals surface area contributed by atoms with Crippen molar-refractivity contribution in [1.82, 2.24) is 15.6 Å². The zero-order valence-electron chi connectivity index (χ0n) is 14.0. The molecule has 0 atom stereocenters. The van der Waals surface area contributed by atoms with Gasteiger partial charge in [-0.3, -0.25) is 9.98 Å². The molecule has 0 spiro atoms. The number of nitrogens with zero attached hydrogens (tertiary/aromatic N) is 2. The molecule has 0 bridgehead atoms. The van der Waals surface area contributed by atoms with Crippen molar-refractivity contribution in [3.8, 4) is 0 Å². The number of pyridine rings is 1. The van der Waals surface area contributed by atoms with Crippen LogP contribution < -0.4 is 10.6 Å². The normalized spacial score (nSPS) is 17.7. The van der Waals surface area contributed by atoms with Crippen LogP contribution in [-0.4, -0.2) is 30.6 Å². The van der Waals surface area contributed by atoms with Crippen molar-refractivity contribution in [1.29, 1.82) is 0 Å². The zero-order chi connectivity index (χ0) is 15.2. The maximum absolute atomic E-state index is 4.84. The molecule has 0 saturated heterocycles. The van der Waals surface area contributed by atoms with E-state index in [0.717, 1.165) is 55.5 Å². The Kier molecular flexibility index (Phi) is 7.59. The first-order chi connectivity index (χ1) is 10.9. The number of rotatable bonds is 8. The SMILES string of the molecule is CCNC(=NCC(C1CC1)C1CC1)NCCc1ccccn1.I. The molecule has 23 heavy (non-hydrogen) atoms. The van der Waals surface area contributed by atoms with Crippen LogP contribution in [0, 0.1) is 17.8 Å². The van der Waals surface area contributed by atoms with E-state index in [1.54, 1.807) is 0 Å². The summed E-state index contributed by atoms with van der Waals surface area (Å²) in [6.07, 6.45) is 8.51. The van der Waals surface area contributed by atoms with Crippen molar-refractivity contribution in [2.24, 2.45) is 22.7 Å². The van der Waals surface area contributed by atoms with Crippen LogP contribution in [0.25, 0.3) is 0 Å². The van der Waals surface area contributed by atoms with Gasteiger partial charge in [0.2, 0.25) is 0 Å². The highest BCUT2D eigenvalue weighted by molar-refractivity contribution is 14.0. The van der Waals surface area contributed by atoms with E-state index in [1.807, 2.05) is 18.3 Å². The fourth-order valence-electron chi connectivity index (χ4n) is 3.13. The minimum absolute atomic E-state index is 0. The third kappa shape index (κ3) is 6.28. The Balaban J connectivity index is 0.00000192. The lowest BCUT2D eigenvalue weighted by Crippen LogP contribution is -2.38. The quantitative estimate of drug-likeness (QED) is 0.380. The predicted molar refractivity (Wildman–Crippen MR) is 106 cm³/mol. The molecule has 4 nitrogen and oxygen atoms in total. The van der Waals surface area contributed by atoms with E-state index in [2.05, 4.69) is 28.6 Å². The number of nitrogens with one attached hydrogen (secondary N) is 2. The van der Waals surface area contributed by atoms with Crippen molar-refractivity contribution in [3.05, 3.63) is 30.1 Å². The summed E-state index contributed by atoms with van der Waals surface area (Å²) in [5.74, 6) is 3.73. The Morgan fingerprint density at radius 2 is 1.96 bits per heavy atom. The van der Waals surface area contributed by atoms with Gasteiger partial charge in [0.15, 0.2) is 5.96 Å². The second-order valence-electron chi connectivity index (χ2n) is 6.56. The summed E-state index contributed by atoms with van der Waals surface area (Å²) in [7, 11) is 0. The molecule has 0 amide bonds. The molecule has 2 aliphatic carbocycles. The summed E-state index contributed by atoms with van der Waals surface area (Å²) in [5.41, 5.74) is 1.12. The minimum atomic E-state index is 0. The van der Waals surface area contributed by atoms with Crippen LogP contribution in [0.15, 0.2) is 29.4 Å². The molecular weight excluding hydrogens is 399 g/mol. The first-order valence-corrected chi connectivity index (χ1v) is 8.79. The third-order valence-corrected chi connectivity index (χ3v) is 4.66. The summed E-state index contributed by atoms with van der Waals surface area (Å²) in [5, 5.41) is 6.80. The van der Waals surface area contributed by atoms with Crippen LogP contribution >= 0.6 is 24.0 Å². The van der Waals surface area contributed by atoms with Crippen LogP contribution in [0.4, 0.5) is 0 Å². The summed E-state index contributed by atoms with van der Waals surface area (Å²) in [6, 6.07) is 6.07. The average molecular weight is 428 g/mol. The van der Waals surface area contributed by atoms with Crippen molar-refractivity contribution < 1.29 is 0 Å². The molecule has 0 unspecified atom stereocenters. The number of aliphatic imine (C=N–C) groups is 1. The minimum Gasteiger partial charge on any atom is -0.357 e. The summed E-state index contributed by atoms with van der Waals surface area (Å²) < 4.78 is 0. The van der Waals surface area contributed by atoms with Gasteiger partial charge in [-0.2, -0.15) is 0 Å². The number of guanidine groups is 1. The molecular formula is C18H29IN4. The molecule has 2 N–H and O–H groups in total. The standard InChI is InChI=1S/C18H28N4.HI/c1-2-19-18(21-12-10-16-5-3-4-11-20-16)22-13-17(14-6-7-14)15-8-9-15;/h3-5,11,14-15,17H,2,6-10,12-13H2,1H3,(H2,19,21,22);1H. The zero-order valence-corrected chi connectivity index (χ0v) is 16.3. The van der Waals surface area contributed by atoms with E-state index >= 15 is 0 Å². The van der Waals surface area contributed by atoms with E-state index in [9.17, 15) is 0 Å². The second-order valence-corrected chi connectivity index (χ2v) is 6.56. The molecule has 5 heteroatoms. The Hall–Kier alpha value is -0.850. The van der Waals surface area contributed by atoms with E-state index < -0.39 is 0 Å². The van der Waals surface area contributed by atoms with Gasteiger partial charge in [0, 0.05) is 37.9 Å². The van der Waals surface area contributed by atoms with Gasteiger partial charge in [0.05, 0.1) is 0 Å². The van der Waals surface area contributed by atoms with Gasteiger partial charge in [0.25, 0.3) is 0 Å². The molecule has 0 aliphatic heterocycles. The molecule has 1 aromatic rings. The van der Waals surface area contributed by atoms with Crippen LogP contribution in [0.3, 0.4) is 0 Å². The van der Waals surface area contributed by atoms with Gasteiger partial charge < -0.3 is 10.6 Å². The lowest BCUT2D eigenvalue weighted by Gasteiger charge is -2.15. The molecule has 1 aromatic heterocycles. The van der Waals surface area contributed by atoms with E-state index in [1.165, 1.54) is 25.7 Å². The first kappa shape index (κ1) is 18.5. The Morgan fingerprint density at radius 1 is 1.22 bits per heavy atom.